The molecule has 1 aliphatic heterocycles. The molecule has 22 heavy (non-hydrogen) atoms. The quantitative estimate of drug-likeness (QED) is 0.732. The van der Waals surface area contributed by atoms with Gasteiger partial charge < -0.3 is 16.0 Å². The number of benzene rings is 1. The molecule has 5 nitrogen and oxygen atoms in total. The first-order chi connectivity index (χ1) is 10.3. The summed E-state index contributed by atoms with van der Waals surface area (Å²) in [5, 5.41) is 6.98. The lowest BCUT2D eigenvalue weighted by Crippen LogP contribution is -2.51. The average Bonchev–Trinajstić information content (AvgIpc) is 2.42. The zero-order chi connectivity index (χ0) is 16.3. The SMILES string of the molecule is O=C(Nc1ccc(C(F)(F)F)cc1F)N[C@@H]1CCCNC1=O. The van der Waals surface area contributed by atoms with Crippen LogP contribution in [0, 0.1) is 5.82 Å². The highest BCUT2D eigenvalue weighted by atomic mass is 19.4. The minimum Gasteiger partial charge on any atom is -0.354 e. The number of hydrogen-bond donors (Lipinski definition) is 3. The molecule has 0 bridgehead atoms. The van der Waals surface area contributed by atoms with Crippen molar-refractivity contribution in [2.75, 3.05) is 11.9 Å². The zero-order valence-electron chi connectivity index (χ0n) is 11.3. The van der Waals surface area contributed by atoms with E-state index < -0.39 is 35.3 Å². The normalized spacial score (nSPS) is 18.5. The molecule has 9 heteroatoms. The van der Waals surface area contributed by atoms with E-state index >= 15 is 0 Å². The van der Waals surface area contributed by atoms with E-state index in [9.17, 15) is 27.2 Å². The number of carbonyl (C=O) groups excluding carboxylic acids is 2. The fourth-order valence-electron chi connectivity index (χ4n) is 2.02. The monoisotopic (exact) mass is 319 g/mol. The molecule has 120 valence electrons. The predicted molar refractivity (Wildman–Crippen MR) is 69.6 cm³/mol. The molecular weight excluding hydrogens is 306 g/mol. The molecule has 1 aromatic rings. The second-order valence-corrected chi connectivity index (χ2v) is 4.78. The van der Waals surface area contributed by atoms with Crippen LogP contribution in [0.15, 0.2) is 18.2 Å². The second kappa shape index (κ2) is 6.20. The molecule has 0 saturated carbocycles. The molecular formula is C13H13F4N3O2. The van der Waals surface area contributed by atoms with Crippen LogP contribution >= 0.6 is 0 Å². The van der Waals surface area contributed by atoms with Gasteiger partial charge in [0.25, 0.3) is 0 Å². The van der Waals surface area contributed by atoms with Crippen molar-refractivity contribution in [3.05, 3.63) is 29.6 Å². The van der Waals surface area contributed by atoms with Crippen molar-refractivity contribution in [1.29, 1.82) is 0 Å². The van der Waals surface area contributed by atoms with Gasteiger partial charge in [0.2, 0.25) is 5.91 Å². The molecule has 0 aliphatic carbocycles. The van der Waals surface area contributed by atoms with Gasteiger partial charge >= 0.3 is 12.2 Å². The minimum absolute atomic E-state index is 0.295. The lowest BCUT2D eigenvalue weighted by Gasteiger charge is -2.22. The van der Waals surface area contributed by atoms with Gasteiger partial charge in [-0.25, -0.2) is 9.18 Å². The number of urea groups is 1. The van der Waals surface area contributed by atoms with Gasteiger partial charge in [0.1, 0.15) is 11.9 Å². The third kappa shape index (κ3) is 3.86. The number of alkyl halides is 3. The molecule has 1 heterocycles. The number of rotatable bonds is 2. The van der Waals surface area contributed by atoms with Gasteiger partial charge in [0.15, 0.2) is 0 Å². The number of halogens is 4. The molecule has 1 aromatic carbocycles. The first-order valence-corrected chi connectivity index (χ1v) is 6.49. The van der Waals surface area contributed by atoms with E-state index in [2.05, 4.69) is 16.0 Å². The van der Waals surface area contributed by atoms with Gasteiger partial charge in [-0.05, 0) is 31.0 Å². The second-order valence-electron chi connectivity index (χ2n) is 4.78. The number of piperidine rings is 1. The molecule has 1 aliphatic rings. The fraction of sp³-hybridized carbons (Fsp3) is 0.385. The van der Waals surface area contributed by atoms with Crippen LogP contribution in [0.3, 0.4) is 0 Å². The molecule has 3 N–H and O–H groups in total. The minimum atomic E-state index is -4.66. The van der Waals surface area contributed by atoms with E-state index in [0.717, 1.165) is 6.07 Å². The summed E-state index contributed by atoms with van der Waals surface area (Å²) in [6.45, 7) is 0.520. The summed E-state index contributed by atoms with van der Waals surface area (Å²) in [7, 11) is 0. The number of carbonyl (C=O) groups is 2. The molecule has 0 spiro atoms. The van der Waals surface area contributed by atoms with Crippen LogP contribution in [-0.4, -0.2) is 24.5 Å². The third-order valence-electron chi connectivity index (χ3n) is 3.14. The van der Waals surface area contributed by atoms with Crippen LogP contribution in [0.5, 0.6) is 0 Å². The Labute approximate surface area is 123 Å². The zero-order valence-corrected chi connectivity index (χ0v) is 11.3. The van der Waals surface area contributed by atoms with Crippen molar-refractivity contribution in [3.63, 3.8) is 0 Å². The van der Waals surface area contributed by atoms with Crippen molar-refractivity contribution in [3.8, 4) is 0 Å². The number of hydrogen-bond acceptors (Lipinski definition) is 2. The number of amides is 3. The molecule has 1 atom stereocenters. The lowest BCUT2D eigenvalue weighted by atomic mass is 10.1. The lowest BCUT2D eigenvalue weighted by molar-refractivity contribution is -0.137. The summed E-state index contributed by atoms with van der Waals surface area (Å²) in [5.41, 5.74) is -1.55. The van der Waals surface area contributed by atoms with E-state index in [-0.39, 0.29) is 5.91 Å². The van der Waals surface area contributed by atoms with Crippen molar-refractivity contribution in [1.82, 2.24) is 10.6 Å². The molecule has 0 unspecified atom stereocenters. The van der Waals surface area contributed by atoms with Crippen LogP contribution in [0.4, 0.5) is 28.0 Å². The van der Waals surface area contributed by atoms with Crippen LogP contribution in [0.25, 0.3) is 0 Å². The Morgan fingerprint density at radius 2 is 2.05 bits per heavy atom. The molecule has 1 fully saturated rings. The Balaban J connectivity index is 2.01. The highest BCUT2D eigenvalue weighted by Gasteiger charge is 2.31. The Morgan fingerprint density at radius 1 is 1.32 bits per heavy atom. The van der Waals surface area contributed by atoms with Crippen molar-refractivity contribution < 1.29 is 27.2 Å². The van der Waals surface area contributed by atoms with Crippen molar-refractivity contribution >= 4 is 17.6 Å². The van der Waals surface area contributed by atoms with Gasteiger partial charge in [-0.15, -0.1) is 0 Å². The first-order valence-electron chi connectivity index (χ1n) is 6.49. The van der Waals surface area contributed by atoms with Crippen LogP contribution < -0.4 is 16.0 Å². The van der Waals surface area contributed by atoms with Gasteiger partial charge in [-0.3, -0.25) is 4.79 Å². The maximum atomic E-state index is 13.6. The average molecular weight is 319 g/mol. The van der Waals surface area contributed by atoms with E-state index in [1.165, 1.54) is 0 Å². The third-order valence-corrected chi connectivity index (χ3v) is 3.14. The number of anilines is 1. The highest BCUT2D eigenvalue weighted by molar-refractivity contribution is 5.94. The summed E-state index contributed by atoms with van der Waals surface area (Å²) < 4.78 is 50.8. The Morgan fingerprint density at radius 3 is 2.64 bits per heavy atom. The maximum Gasteiger partial charge on any atom is 0.416 e. The van der Waals surface area contributed by atoms with E-state index in [0.29, 0.717) is 31.5 Å². The molecule has 0 aromatic heterocycles. The summed E-state index contributed by atoms with van der Waals surface area (Å²) in [5.74, 6) is -1.56. The molecule has 2 rings (SSSR count). The first kappa shape index (κ1) is 16.1. The molecule has 3 amide bonds. The largest absolute Gasteiger partial charge is 0.416 e. The van der Waals surface area contributed by atoms with E-state index in [4.69, 9.17) is 0 Å². The Kier molecular flexibility index (Phi) is 4.53. The summed E-state index contributed by atoms with van der Waals surface area (Å²) >= 11 is 0. The number of nitrogens with one attached hydrogen (secondary N) is 3. The molecule has 0 radical (unpaired) electrons. The smallest absolute Gasteiger partial charge is 0.354 e. The maximum absolute atomic E-state index is 13.6. The van der Waals surface area contributed by atoms with Crippen molar-refractivity contribution in [2.45, 2.75) is 25.1 Å². The van der Waals surface area contributed by atoms with Gasteiger partial charge in [0, 0.05) is 6.54 Å². The van der Waals surface area contributed by atoms with Crippen molar-refractivity contribution in [2.24, 2.45) is 0 Å². The van der Waals surface area contributed by atoms with E-state index in [1.807, 2.05) is 0 Å². The summed E-state index contributed by atoms with van der Waals surface area (Å²) in [6.07, 6.45) is -3.54. The standard InChI is InChI=1S/C13H13F4N3O2/c14-8-6-7(13(15,16)17)3-4-9(8)19-12(22)20-10-2-1-5-18-11(10)21/h3-4,6,10H,1-2,5H2,(H,18,21)(H2,19,20,22)/t10-/m1/s1. The van der Waals surface area contributed by atoms with Crippen LogP contribution in [0.2, 0.25) is 0 Å². The fourth-order valence-corrected chi connectivity index (χ4v) is 2.02. The summed E-state index contributed by atoms with van der Waals surface area (Å²) in [6, 6.07) is 0.167. The Bertz CT molecular complexity index is 589. The highest BCUT2D eigenvalue weighted by Crippen LogP contribution is 2.31. The topological polar surface area (TPSA) is 70.2 Å². The van der Waals surface area contributed by atoms with Crippen LogP contribution in [-0.2, 0) is 11.0 Å². The Hall–Kier alpha value is -2.32. The molecule has 1 saturated heterocycles. The van der Waals surface area contributed by atoms with E-state index in [1.54, 1.807) is 0 Å². The van der Waals surface area contributed by atoms with Gasteiger partial charge in [0.05, 0.1) is 11.3 Å². The van der Waals surface area contributed by atoms with Gasteiger partial charge in [-0.1, -0.05) is 0 Å². The predicted octanol–water partition coefficient (Wildman–Crippen LogP) is 2.24. The summed E-state index contributed by atoms with van der Waals surface area (Å²) in [4.78, 5) is 23.1. The van der Waals surface area contributed by atoms with Gasteiger partial charge in [-0.2, -0.15) is 13.2 Å². The van der Waals surface area contributed by atoms with Crippen LogP contribution in [0.1, 0.15) is 18.4 Å².